The van der Waals surface area contributed by atoms with Gasteiger partial charge in [-0.05, 0) is 90.6 Å². The van der Waals surface area contributed by atoms with Gasteiger partial charge in [0.15, 0.2) is 0 Å². The summed E-state index contributed by atoms with van der Waals surface area (Å²) >= 11 is 0. The topological polar surface area (TPSA) is 58.4 Å². The number of rotatable bonds is 7. The molecule has 1 saturated carbocycles. The minimum atomic E-state index is -0.940. The van der Waals surface area contributed by atoms with Crippen LogP contribution < -0.4 is 4.90 Å². The van der Waals surface area contributed by atoms with Crippen molar-refractivity contribution >= 4 is 17.7 Å². The summed E-state index contributed by atoms with van der Waals surface area (Å²) in [5.74, 6) is -0.202. The first-order valence-corrected chi connectivity index (χ1v) is 13.5. The molecule has 5 heteroatoms. The Morgan fingerprint density at radius 3 is 2.39 bits per heavy atom. The number of hydrogen-bond donors (Lipinski definition) is 1. The van der Waals surface area contributed by atoms with Crippen molar-refractivity contribution < 1.29 is 9.90 Å². The van der Waals surface area contributed by atoms with Crippen LogP contribution >= 0.6 is 0 Å². The number of hydrogen-bond acceptors (Lipinski definition) is 3. The fourth-order valence-corrected chi connectivity index (χ4v) is 5.77. The molecule has 6 rings (SSSR count). The van der Waals surface area contributed by atoms with Gasteiger partial charge in [-0.3, -0.25) is 4.68 Å². The Balaban J connectivity index is 1.41. The third-order valence-electron chi connectivity index (χ3n) is 7.91. The van der Waals surface area contributed by atoms with Crippen molar-refractivity contribution in [2.45, 2.75) is 57.7 Å². The Labute approximate surface area is 224 Å². The van der Waals surface area contributed by atoms with Crippen LogP contribution in [-0.2, 0) is 17.8 Å². The summed E-state index contributed by atoms with van der Waals surface area (Å²) in [6.07, 6.45) is 10.5. The number of aryl methyl sites for hydroxylation is 1. The van der Waals surface area contributed by atoms with Gasteiger partial charge in [0, 0.05) is 36.1 Å². The highest BCUT2D eigenvalue weighted by molar-refractivity contribution is 5.85. The third-order valence-corrected chi connectivity index (χ3v) is 7.91. The van der Waals surface area contributed by atoms with Crippen molar-refractivity contribution in [1.29, 1.82) is 0 Å². The summed E-state index contributed by atoms with van der Waals surface area (Å²) in [5, 5.41) is 13.5. The molecule has 0 amide bonds. The lowest BCUT2D eigenvalue weighted by Crippen LogP contribution is -2.42. The van der Waals surface area contributed by atoms with E-state index in [4.69, 9.17) is 5.11 Å². The third kappa shape index (κ3) is 4.76. The zero-order valence-corrected chi connectivity index (χ0v) is 21.9. The molecule has 1 aliphatic carbocycles. The first kappa shape index (κ1) is 24.2. The largest absolute Gasteiger partial charge is 0.478 e. The monoisotopic (exact) mass is 503 g/mol. The van der Waals surface area contributed by atoms with Crippen LogP contribution in [-0.4, -0.2) is 26.9 Å². The van der Waals surface area contributed by atoms with Gasteiger partial charge in [-0.25, -0.2) is 4.79 Å². The van der Waals surface area contributed by atoms with Crippen molar-refractivity contribution in [3.63, 3.8) is 0 Å². The van der Waals surface area contributed by atoms with Gasteiger partial charge in [-0.15, -0.1) is 0 Å². The molecule has 0 spiro atoms. The summed E-state index contributed by atoms with van der Waals surface area (Å²) in [6.45, 7) is 5.27. The van der Waals surface area contributed by atoms with E-state index in [1.54, 1.807) is 6.08 Å². The number of fused-ring (bicyclic) bond motifs is 1. The van der Waals surface area contributed by atoms with E-state index in [-0.39, 0.29) is 6.04 Å². The Morgan fingerprint density at radius 1 is 1.00 bits per heavy atom. The number of aromatic nitrogens is 2. The Hall–Kier alpha value is -4.12. The molecule has 38 heavy (non-hydrogen) atoms. The number of nitrogens with zero attached hydrogens (tertiary/aromatic N) is 3. The number of carboxylic acid groups (broad SMARTS) is 1. The van der Waals surface area contributed by atoms with Gasteiger partial charge < -0.3 is 10.0 Å². The molecular formula is C33H33N3O2. The normalized spacial score (nSPS) is 19.1. The van der Waals surface area contributed by atoms with E-state index >= 15 is 0 Å². The fraction of sp³-hybridized carbons (Fsp3) is 0.273. The summed E-state index contributed by atoms with van der Waals surface area (Å²) < 4.78 is 1.97. The summed E-state index contributed by atoms with van der Waals surface area (Å²) in [7, 11) is 0. The van der Waals surface area contributed by atoms with Crippen LogP contribution in [0.15, 0.2) is 85.2 Å². The summed E-state index contributed by atoms with van der Waals surface area (Å²) in [5.41, 5.74) is 9.78. The lowest BCUT2D eigenvalue weighted by atomic mass is 9.83. The maximum absolute atomic E-state index is 11.0. The minimum Gasteiger partial charge on any atom is -0.478 e. The van der Waals surface area contributed by atoms with Gasteiger partial charge in [0.25, 0.3) is 0 Å². The molecule has 1 unspecified atom stereocenters. The zero-order chi connectivity index (χ0) is 26.2. The number of carboxylic acids is 1. The minimum absolute atomic E-state index is 0.0606. The van der Waals surface area contributed by atoms with Crippen molar-refractivity contribution in [1.82, 2.24) is 9.78 Å². The lowest BCUT2D eigenvalue weighted by Gasteiger charge is -2.44. The second-order valence-electron chi connectivity index (χ2n) is 10.6. The van der Waals surface area contributed by atoms with E-state index < -0.39 is 5.97 Å². The average molecular weight is 504 g/mol. The van der Waals surface area contributed by atoms with Crippen molar-refractivity contribution in [3.8, 4) is 11.1 Å². The van der Waals surface area contributed by atoms with Crippen LogP contribution in [0.2, 0.25) is 0 Å². The van der Waals surface area contributed by atoms with Crippen LogP contribution in [0.1, 0.15) is 66.5 Å². The van der Waals surface area contributed by atoms with Crippen LogP contribution in [0.25, 0.3) is 17.2 Å². The molecule has 0 radical (unpaired) electrons. The predicted molar refractivity (Wildman–Crippen MR) is 152 cm³/mol. The SMILES string of the molecule is CCn1cc(-c2ccc3c(c2)CC(C)N(c2ccc(C4CC4)cc2)[C@H]3c2ccc(/C=C/C(=O)O)cc2)cn1. The lowest BCUT2D eigenvalue weighted by molar-refractivity contribution is -0.131. The van der Waals surface area contributed by atoms with E-state index in [9.17, 15) is 4.79 Å². The molecule has 1 aromatic heterocycles. The van der Waals surface area contributed by atoms with E-state index in [2.05, 4.69) is 84.6 Å². The summed E-state index contributed by atoms with van der Waals surface area (Å²) in [6, 6.07) is 24.7. The second-order valence-corrected chi connectivity index (χ2v) is 10.6. The predicted octanol–water partition coefficient (Wildman–Crippen LogP) is 7.09. The Bertz CT molecular complexity index is 1480. The maximum Gasteiger partial charge on any atom is 0.328 e. The standard InChI is InChI=1S/C33H33N3O2/c1-3-35-21-29(20-34-35)27-13-16-31-28(19-27)18-22(2)36(30-14-11-25(12-15-30)24-9-10-24)33(31)26-7-4-23(5-8-26)6-17-32(37)38/h4-8,11-17,19-22,24,33H,3,9-10,18H2,1-2H3,(H,37,38)/b17-6+/t22?,33-/m0/s1. The number of anilines is 1. The molecule has 4 aromatic rings. The van der Waals surface area contributed by atoms with E-state index in [1.165, 1.54) is 52.4 Å². The molecule has 192 valence electrons. The molecule has 1 fully saturated rings. The van der Waals surface area contributed by atoms with Gasteiger partial charge >= 0.3 is 5.97 Å². The highest BCUT2D eigenvalue weighted by Crippen LogP contribution is 2.44. The Kier molecular flexibility index (Phi) is 6.36. The molecule has 3 aromatic carbocycles. The van der Waals surface area contributed by atoms with E-state index in [1.807, 2.05) is 23.0 Å². The van der Waals surface area contributed by atoms with Crippen LogP contribution in [0.5, 0.6) is 0 Å². The quantitative estimate of drug-likeness (QED) is 0.274. The highest BCUT2D eigenvalue weighted by atomic mass is 16.4. The van der Waals surface area contributed by atoms with Crippen molar-refractivity contribution in [2.24, 2.45) is 0 Å². The zero-order valence-electron chi connectivity index (χ0n) is 21.9. The van der Waals surface area contributed by atoms with E-state index in [0.29, 0.717) is 6.04 Å². The number of carbonyl (C=O) groups is 1. The fourth-order valence-electron chi connectivity index (χ4n) is 5.77. The molecule has 0 bridgehead atoms. The molecule has 1 aliphatic heterocycles. The van der Waals surface area contributed by atoms with Crippen molar-refractivity contribution in [2.75, 3.05) is 4.90 Å². The molecule has 1 N–H and O–H groups in total. The van der Waals surface area contributed by atoms with Gasteiger partial charge in [0.2, 0.25) is 0 Å². The van der Waals surface area contributed by atoms with Gasteiger partial charge in [0.1, 0.15) is 0 Å². The molecule has 2 aliphatic rings. The molecular weight excluding hydrogens is 470 g/mol. The Morgan fingerprint density at radius 2 is 1.74 bits per heavy atom. The number of benzene rings is 3. The van der Waals surface area contributed by atoms with Gasteiger partial charge in [-0.1, -0.05) is 54.6 Å². The maximum atomic E-state index is 11.0. The summed E-state index contributed by atoms with van der Waals surface area (Å²) in [4.78, 5) is 13.5. The van der Waals surface area contributed by atoms with Gasteiger partial charge in [0.05, 0.1) is 12.2 Å². The second kappa shape index (κ2) is 9.97. The molecule has 5 nitrogen and oxygen atoms in total. The average Bonchev–Trinajstić information content (AvgIpc) is 3.67. The molecule has 2 heterocycles. The first-order chi connectivity index (χ1) is 18.5. The van der Waals surface area contributed by atoms with Crippen LogP contribution in [0.4, 0.5) is 5.69 Å². The smallest absolute Gasteiger partial charge is 0.328 e. The van der Waals surface area contributed by atoms with E-state index in [0.717, 1.165) is 30.0 Å². The first-order valence-electron chi connectivity index (χ1n) is 13.5. The van der Waals surface area contributed by atoms with Crippen LogP contribution in [0, 0.1) is 0 Å². The van der Waals surface area contributed by atoms with Crippen LogP contribution in [0.3, 0.4) is 0 Å². The number of aliphatic carboxylic acids is 1. The molecule has 0 saturated heterocycles. The van der Waals surface area contributed by atoms with Gasteiger partial charge in [-0.2, -0.15) is 5.10 Å². The van der Waals surface area contributed by atoms with Crippen molar-refractivity contribution in [3.05, 3.63) is 113 Å². The molecule has 2 atom stereocenters. The highest BCUT2D eigenvalue weighted by Gasteiger charge is 2.34.